The normalized spacial score (nSPS) is 11.3. The summed E-state index contributed by atoms with van der Waals surface area (Å²) in [4.78, 5) is 2.43. The molecule has 0 saturated heterocycles. The van der Waals surface area contributed by atoms with Crippen molar-refractivity contribution in [3.63, 3.8) is 0 Å². The summed E-state index contributed by atoms with van der Waals surface area (Å²) >= 11 is 6.33. The van der Waals surface area contributed by atoms with Gasteiger partial charge in [-0.05, 0) is 38.9 Å². The van der Waals surface area contributed by atoms with Gasteiger partial charge in [-0.2, -0.15) is 0 Å². The number of nitrogens with zero attached hydrogens (tertiary/aromatic N) is 1. The molecule has 1 aromatic rings. The highest BCUT2D eigenvalue weighted by Gasteiger charge is 2.17. The third kappa shape index (κ3) is 3.89. The Morgan fingerprint density at radius 1 is 1.22 bits per heavy atom. The van der Waals surface area contributed by atoms with E-state index in [9.17, 15) is 0 Å². The molecule has 0 aliphatic heterocycles. The van der Waals surface area contributed by atoms with Crippen molar-refractivity contribution in [3.05, 3.63) is 28.8 Å². The highest BCUT2D eigenvalue weighted by atomic mass is 35.5. The molecule has 0 spiro atoms. The van der Waals surface area contributed by atoms with Gasteiger partial charge in [-0.15, -0.1) is 0 Å². The molecule has 2 nitrogen and oxygen atoms in total. The van der Waals surface area contributed by atoms with E-state index in [2.05, 4.69) is 44.0 Å². The first-order valence-corrected chi connectivity index (χ1v) is 7.03. The molecule has 1 aromatic carbocycles. The van der Waals surface area contributed by atoms with E-state index in [0.29, 0.717) is 12.0 Å². The maximum atomic E-state index is 6.33. The van der Waals surface area contributed by atoms with Crippen LogP contribution in [0.25, 0.3) is 0 Å². The summed E-state index contributed by atoms with van der Waals surface area (Å²) in [5.41, 5.74) is 2.44. The molecule has 0 fully saturated rings. The molecule has 0 amide bonds. The second-order valence-corrected chi connectivity index (χ2v) is 5.82. The zero-order valence-electron chi connectivity index (χ0n) is 12.1. The summed E-state index contributed by atoms with van der Waals surface area (Å²) in [6, 6.07) is 6.64. The van der Waals surface area contributed by atoms with Crippen LogP contribution in [0.4, 0.5) is 5.69 Å². The van der Waals surface area contributed by atoms with Gasteiger partial charge in [0.2, 0.25) is 0 Å². The summed E-state index contributed by atoms with van der Waals surface area (Å²) in [6.45, 7) is 10.8. The lowest BCUT2D eigenvalue weighted by Crippen LogP contribution is -2.35. The molecule has 0 aliphatic rings. The number of nitrogens with one attached hydrogen (secondary N) is 1. The molecule has 0 atom stereocenters. The summed E-state index contributed by atoms with van der Waals surface area (Å²) in [5.74, 6) is 0.633. The lowest BCUT2D eigenvalue weighted by atomic mass is 10.1. The maximum absolute atomic E-state index is 6.33. The molecule has 3 heteroatoms. The zero-order valence-corrected chi connectivity index (χ0v) is 12.9. The first kappa shape index (κ1) is 15.3. The Morgan fingerprint density at radius 3 is 2.39 bits per heavy atom. The molecule has 0 aromatic heterocycles. The van der Waals surface area contributed by atoms with E-state index >= 15 is 0 Å². The highest BCUT2D eigenvalue weighted by Crippen LogP contribution is 2.29. The SMILES string of the molecule is CNCc1c(Cl)cccc1N(CC(C)C)C(C)C. The van der Waals surface area contributed by atoms with Gasteiger partial charge in [0.05, 0.1) is 0 Å². The monoisotopic (exact) mass is 268 g/mol. The van der Waals surface area contributed by atoms with Gasteiger partial charge in [-0.3, -0.25) is 0 Å². The number of rotatable bonds is 6. The van der Waals surface area contributed by atoms with Crippen LogP contribution in [0.1, 0.15) is 33.3 Å². The molecule has 0 bridgehead atoms. The Balaban J connectivity index is 3.14. The maximum Gasteiger partial charge on any atom is 0.0471 e. The first-order valence-electron chi connectivity index (χ1n) is 6.66. The Bertz CT molecular complexity index is 375. The van der Waals surface area contributed by atoms with Crippen LogP contribution in [0.2, 0.25) is 5.02 Å². The molecule has 0 unspecified atom stereocenters. The minimum Gasteiger partial charge on any atom is -0.369 e. The van der Waals surface area contributed by atoms with E-state index in [4.69, 9.17) is 11.6 Å². The van der Waals surface area contributed by atoms with Gasteiger partial charge in [0.15, 0.2) is 0 Å². The average Bonchev–Trinajstić information content (AvgIpc) is 2.28. The zero-order chi connectivity index (χ0) is 13.7. The number of halogens is 1. The van der Waals surface area contributed by atoms with Crippen LogP contribution in [-0.2, 0) is 6.54 Å². The van der Waals surface area contributed by atoms with Gasteiger partial charge < -0.3 is 10.2 Å². The van der Waals surface area contributed by atoms with Gasteiger partial charge in [0, 0.05) is 35.4 Å². The molecule has 18 heavy (non-hydrogen) atoms. The van der Waals surface area contributed by atoms with Crippen molar-refractivity contribution in [2.24, 2.45) is 5.92 Å². The molecule has 1 rings (SSSR count). The average molecular weight is 269 g/mol. The van der Waals surface area contributed by atoms with Crippen molar-refractivity contribution >= 4 is 17.3 Å². The molecule has 1 N–H and O–H groups in total. The van der Waals surface area contributed by atoms with E-state index in [0.717, 1.165) is 18.1 Å². The standard InChI is InChI=1S/C15H25ClN2/c1-11(2)10-18(12(3)4)15-8-6-7-14(16)13(15)9-17-5/h6-8,11-12,17H,9-10H2,1-5H3. The molecule has 0 radical (unpaired) electrons. The number of hydrogen-bond donors (Lipinski definition) is 1. The Hall–Kier alpha value is -0.730. The summed E-state index contributed by atoms with van der Waals surface area (Å²) in [6.07, 6.45) is 0. The third-order valence-corrected chi connectivity index (χ3v) is 3.30. The van der Waals surface area contributed by atoms with Crippen molar-refractivity contribution in [2.45, 2.75) is 40.3 Å². The lowest BCUT2D eigenvalue weighted by molar-refractivity contribution is 0.568. The van der Waals surface area contributed by atoms with Gasteiger partial charge in [-0.1, -0.05) is 31.5 Å². The Labute approximate surface area is 116 Å². The van der Waals surface area contributed by atoms with E-state index in [1.54, 1.807) is 0 Å². The third-order valence-electron chi connectivity index (χ3n) is 2.94. The molecular formula is C15H25ClN2. The lowest BCUT2D eigenvalue weighted by Gasteiger charge is -2.33. The molecule has 0 heterocycles. The van der Waals surface area contributed by atoms with E-state index in [1.807, 2.05) is 19.2 Å². The smallest absolute Gasteiger partial charge is 0.0471 e. The second kappa shape index (κ2) is 7.01. The number of hydrogen-bond acceptors (Lipinski definition) is 2. The number of benzene rings is 1. The molecular weight excluding hydrogens is 244 g/mol. The van der Waals surface area contributed by atoms with Crippen LogP contribution >= 0.6 is 11.6 Å². The van der Waals surface area contributed by atoms with Gasteiger partial charge in [-0.25, -0.2) is 0 Å². The van der Waals surface area contributed by atoms with E-state index in [1.165, 1.54) is 11.3 Å². The van der Waals surface area contributed by atoms with Crippen LogP contribution in [0.15, 0.2) is 18.2 Å². The quantitative estimate of drug-likeness (QED) is 0.841. The van der Waals surface area contributed by atoms with Crippen LogP contribution < -0.4 is 10.2 Å². The fourth-order valence-electron chi connectivity index (χ4n) is 2.15. The molecule has 0 aliphatic carbocycles. The van der Waals surface area contributed by atoms with Gasteiger partial charge in [0.25, 0.3) is 0 Å². The first-order chi connectivity index (χ1) is 8.47. The van der Waals surface area contributed by atoms with Crippen LogP contribution in [0, 0.1) is 5.92 Å². The minimum absolute atomic E-state index is 0.474. The van der Waals surface area contributed by atoms with Crippen molar-refractivity contribution in [1.82, 2.24) is 5.32 Å². The second-order valence-electron chi connectivity index (χ2n) is 5.41. The van der Waals surface area contributed by atoms with Crippen LogP contribution in [0.5, 0.6) is 0 Å². The minimum atomic E-state index is 0.474. The molecule has 0 saturated carbocycles. The van der Waals surface area contributed by atoms with Crippen LogP contribution in [-0.4, -0.2) is 19.6 Å². The summed E-state index contributed by atoms with van der Waals surface area (Å²) in [7, 11) is 1.95. The van der Waals surface area contributed by atoms with Crippen LogP contribution in [0.3, 0.4) is 0 Å². The van der Waals surface area contributed by atoms with Crippen molar-refractivity contribution in [1.29, 1.82) is 0 Å². The van der Waals surface area contributed by atoms with Gasteiger partial charge in [0.1, 0.15) is 0 Å². The Morgan fingerprint density at radius 2 is 1.89 bits per heavy atom. The van der Waals surface area contributed by atoms with E-state index < -0.39 is 0 Å². The topological polar surface area (TPSA) is 15.3 Å². The summed E-state index contributed by atoms with van der Waals surface area (Å²) < 4.78 is 0. The van der Waals surface area contributed by atoms with E-state index in [-0.39, 0.29) is 0 Å². The Kier molecular flexibility index (Phi) is 5.97. The largest absolute Gasteiger partial charge is 0.369 e. The summed E-state index contributed by atoms with van der Waals surface area (Å²) in [5, 5.41) is 4.04. The predicted octanol–water partition coefficient (Wildman–Crippen LogP) is 3.93. The van der Waals surface area contributed by atoms with Crippen molar-refractivity contribution in [3.8, 4) is 0 Å². The highest BCUT2D eigenvalue weighted by molar-refractivity contribution is 6.31. The van der Waals surface area contributed by atoms with Crippen molar-refractivity contribution < 1.29 is 0 Å². The van der Waals surface area contributed by atoms with Gasteiger partial charge >= 0.3 is 0 Å². The number of anilines is 1. The fraction of sp³-hybridized carbons (Fsp3) is 0.600. The van der Waals surface area contributed by atoms with Crippen molar-refractivity contribution in [2.75, 3.05) is 18.5 Å². The fourth-order valence-corrected chi connectivity index (χ4v) is 2.39. The predicted molar refractivity (Wildman–Crippen MR) is 81.5 cm³/mol. The molecule has 102 valence electrons.